The average Bonchev–Trinajstić information content (AvgIpc) is 3.06. The molecule has 0 aliphatic rings. The normalized spacial score (nSPS) is 10.9. The van der Waals surface area contributed by atoms with Crippen molar-refractivity contribution in [2.75, 3.05) is 5.32 Å². The second-order valence-electron chi connectivity index (χ2n) is 6.33. The van der Waals surface area contributed by atoms with E-state index in [9.17, 15) is 9.18 Å². The number of benzene rings is 3. The highest BCUT2D eigenvalue weighted by Crippen LogP contribution is 2.22. The van der Waals surface area contributed by atoms with Crippen molar-refractivity contribution in [3.05, 3.63) is 83.7 Å². The summed E-state index contributed by atoms with van der Waals surface area (Å²) in [6.45, 7) is 1.91. The van der Waals surface area contributed by atoms with Crippen LogP contribution >= 0.6 is 0 Å². The summed E-state index contributed by atoms with van der Waals surface area (Å²) in [6.07, 6.45) is 0.306. The Labute approximate surface area is 155 Å². The van der Waals surface area contributed by atoms with Crippen LogP contribution < -0.4 is 5.32 Å². The van der Waals surface area contributed by atoms with Crippen molar-refractivity contribution >= 4 is 22.6 Å². The second kappa shape index (κ2) is 6.99. The van der Waals surface area contributed by atoms with E-state index in [2.05, 4.69) is 15.5 Å². The summed E-state index contributed by atoms with van der Waals surface area (Å²) < 4.78 is 13.1. The third-order valence-electron chi connectivity index (χ3n) is 4.27. The van der Waals surface area contributed by atoms with Gasteiger partial charge in [0.25, 0.3) is 0 Å². The fourth-order valence-corrected chi connectivity index (χ4v) is 2.87. The summed E-state index contributed by atoms with van der Waals surface area (Å²) in [7, 11) is 0. The molecule has 0 atom stereocenters. The Kier molecular flexibility index (Phi) is 4.38. The van der Waals surface area contributed by atoms with E-state index >= 15 is 0 Å². The zero-order valence-corrected chi connectivity index (χ0v) is 14.7. The van der Waals surface area contributed by atoms with Crippen molar-refractivity contribution in [2.45, 2.75) is 13.3 Å². The van der Waals surface area contributed by atoms with Gasteiger partial charge in [-0.25, -0.2) is 4.39 Å². The number of carbonyl (C=O) groups is 1. The molecule has 1 amide bonds. The number of aryl methyl sites for hydroxylation is 1. The highest BCUT2D eigenvalue weighted by atomic mass is 19.1. The Morgan fingerprint density at radius 3 is 2.37 bits per heavy atom. The molecule has 0 aliphatic heterocycles. The van der Waals surface area contributed by atoms with Crippen molar-refractivity contribution in [3.63, 3.8) is 0 Å². The maximum Gasteiger partial charge on any atom is 0.228 e. The van der Waals surface area contributed by atoms with Gasteiger partial charge in [-0.2, -0.15) is 4.80 Å². The number of hydrogen-bond acceptors (Lipinski definition) is 3. The molecule has 1 N–H and O–H groups in total. The van der Waals surface area contributed by atoms with Gasteiger partial charge in [0.05, 0.1) is 12.1 Å². The van der Waals surface area contributed by atoms with Crippen LogP contribution in [0.25, 0.3) is 16.7 Å². The van der Waals surface area contributed by atoms with Crippen LogP contribution in [0.3, 0.4) is 0 Å². The number of fused-ring (bicyclic) bond motifs is 1. The zero-order valence-electron chi connectivity index (χ0n) is 14.7. The molecular formula is C21H17FN4O. The van der Waals surface area contributed by atoms with E-state index in [1.165, 1.54) is 16.9 Å². The lowest BCUT2D eigenvalue weighted by Crippen LogP contribution is -2.15. The lowest BCUT2D eigenvalue weighted by atomic mass is 10.1. The molecule has 4 rings (SSSR count). The molecule has 0 unspecified atom stereocenters. The summed E-state index contributed by atoms with van der Waals surface area (Å²) in [4.78, 5) is 13.8. The molecule has 1 aromatic heterocycles. The Bertz CT molecular complexity index is 1100. The molecule has 0 spiro atoms. The van der Waals surface area contributed by atoms with Crippen LogP contribution in [-0.4, -0.2) is 20.9 Å². The highest BCUT2D eigenvalue weighted by molar-refractivity contribution is 5.95. The van der Waals surface area contributed by atoms with Crippen LogP contribution in [0.4, 0.5) is 10.1 Å². The minimum atomic E-state index is -0.310. The number of hydrogen-bond donors (Lipinski definition) is 1. The van der Waals surface area contributed by atoms with Gasteiger partial charge in [0.1, 0.15) is 16.9 Å². The van der Waals surface area contributed by atoms with E-state index in [1.807, 2.05) is 43.3 Å². The number of anilines is 1. The van der Waals surface area contributed by atoms with Gasteiger partial charge in [0, 0.05) is 5.69 Å². The van der Waals surface area contributed by atoms with Crippen molar-refractivity contribution in [3.8, 4) is 5.69 Å². The highest BCUT2D eigenvalue weighted by Gasteiger charge is 2.11. The molecule has 4 aromatic rings. The predicted molar refractivity (Wildman–Crippen MR) is 102 cm³/mol. The number of rotatable bonds is 4. The average molecular weight is 360 g/mol. The van der Waals surface area contributed by atoms with Crippen LogP contribution in [0.2, 0.25) is 0 Å². The molecule has 3 aromatic carbocycles. The minimum absolute atomic E-state index is 0.0884. The third kappa shape index (κ3) is 3.69. The van der Waals surface area contributed by atoms with Gasteiger partial charge in [0.2, 0.25) is 5.91 Å². The Morgan fingerprint density at radius 2 is 1.67 bits per heavy atom. The molecule has 5 nitrogen and oxygen atoms in total. The first-order valence-corrected chi connectivity index (χ1v) is 8.56. The van der Waals surface area contributed by atoms with Crippen LogP contribution in [0.1, 0.15) is 11.1 Å². The van der Waals surface area contributed by atoms with Gasteiger partial charge >= 0.3 is 0 Å². The summed E-state index contributed by atoms with van der Waals surface area (Å²) in [5, 5.41) is 11.8. The number of nitrogens with zero attached hydrogens (tertiary/aromatic N) is 3. The topological polar surface area (TPSA) is 59.8 Å². The summed E-state index contributed by atoms with van der Waals surface area (Å²) in [5.74, 6) is -0.399. The minimum Gasteiger partial charge on any atom is -0.325 e. The molecule has 6 heteroatoms. The molecule has 0 saturated heterocycles. The quantitative estimate of drug-likeness (QED) is 0.597. The van der Waals surface area contributed by atoms with Crippen molar-refractivity contribution in [2.24, 2.45) is 0 Å². The van der Waals surface area contributed by atoms with Gasteiger partial charge < -0.3 is 5.32 Å². The van der Waals surface area contributed by atoms with Gasteiger partial charge in [-0.1, -0.05) is 30.3 Å². The molecule has 27 heavy (non-hydrogen) atoms. The molecule has 0 saturated carbocycles. The molecule has 1 heterocycles. The fraction of sp³-hybridized carbons (Fsp3) is 0.0952. The van der Waals surface area contributed by atoms with E-state index in [0.29, 0.717) is 28.8 Å². The lowest BCUT2D eigenvalue weighted by Gasteiger charge is -2.08. The molecule has 134 valence electrons. The summed E-state index contributed by atoms with van der Waals surface area (Å²) >= 11 is 0. The van der Waals surface area contributed by atoms with Crippen LogP contribution in [0.15, 0.2) is 66.7 Å². The third-order valence-corrected chi connectivity index (χ3v) is 4.27. The first kappa shape index (κ1) is 16.9. The first-order valence-electron chi connectivity index (χ1n) is 8.56. The largest absolute Gasteiger partial charge is 0.325 e. The number of aromatic nitrogens is 3. The smallest absolute Gasteiger partial charge is 0.228 e. The van der Waals surface area contributed by atoms with E-state index in [4.69, 9.17) is 0 Å². The second-order valence-corrected chi connectivity index (χ2v) is 6.33. The number of carbonyl (C=O) groups excluding carboxylic acids is 1. The van der Waals surface area contributed by atoms with Gasteiger partial charge in [-0.15, -0.1) is 10.2 Å². The zero-order chi connectivity index (χ0) is 18.8. The monoisotopic (exact) mass is 360 g/mol. The van der Waals surface area contributed by atoms with Crippen LogP contribution in [-0.2, 0) is 11.2 Å². The molecule has 0 aliphatic carbocycles. The van der Waals surface area contributed by atoms with E-state index in [0.717, 1.165) is 11.1 Å². The Hall–Kier alpha value is -3.54. The van der Waals surface area contributed by atoms with Gasteiger partial charge in [-0.05, 0) is 54.4 Å². The number of halogens is 1. The van der Waals surface area contributed by atoms with E-state index in [1.54, 1.807) is 18.2 Å². The molecule has 0 bridgehead atoms. The predicted octanol–water partition coefficient (Wildman–Crippen LogP) is 4.05. The SMILES string of the molecule is Cc1cc2nn(-c3ccc(F)cc3)nc2cc1NC(=O)Cc1ccccc1. The molecular weight excluding hydrogens is 343 g/mol. The first-order chi connectivity index (χ1) is 13.1. The lowest BCUT2D eigenvalue weighted by molar-refractivity contribution is -0.115. The standard InChI is InChI=1S/C21H17FN4O/c1-14-11-19-20(25-26(24-19)17-9-7-16(22)8-10-17)13-18(14)23-21(27)12-15-5-3-2-4-6-15/h2-11,13H,12H2,1H3,(H,23,27). The fourth-order valence-electron chi connectivity index (χ4n) is 2.87. The Morgan fingerprint density at radius 1 is 1.00 bits per heavy atom. The summed E-state index contributed by atoms with van der Waals surface area (Å²) in [6, 6.07) is 19.2. The number of amides is 1. The van der Waals surface area contributed by atoms with Crippen molar-refractivity contribution < 1.29 is 9.18 Å². The van der Waals surface area contributed by atoms with E-state index < -0.39 is 0 Å². The van der Waals surface area contributed by atoms with Crippen molar-refractivity contribution in [1.82, 2.24) is 15.0 Å². The van der Waals surface area contributed by atoms with Gasteiger partial charge in [-0.3, -0.25) is 4.79 Å². The summed E-state index contributed by atoms with van der Waals surface area (Å²) in [5.41, 5.74) is 4.58. The van der Waals surface area contributed by atoms with Gasteiger partial charge in [0.15, 0.2) is 0 Å². The maximum absolute atomic E-state index is 13.1. The number of nitrogens with one attached hydrogen (secondary N) is 1. The van der Waals surface area contributed by atoms with Crippen LogP contribution in [0.5, 0.6) is 0 Å². The van der Waals surface area contributed by atoms with E-state index in [-0.39, 0.29) is 11.7 Å². The Balaban J connectivity index is 1.59. The van der Waals surface area contributed by atoms with Crippen LogP contribution in [0, 0.1) is 12.7 Å². The maximum atomic E-state index is 13.1. The molecule has 0 radical (unpaired) electrons. The molecule has 0 fully saturated rings. The van der Waals surface area contributed by atoms with Crippen molar-refractivity contribution in [1.29, 1.82) is 0 Å².